The van der Waals surface area contributed by atoms with Crippen molar-refractivity contribution >= 4 is 17.5 Å². The average molecular weight is 372 g/mol. The molecule has 142 valence electrons. The van der Waals surface area contributed by atoms with Gasteiger partial charge < -0.3 is 20.1 Å². The lowest BCUT2D eigenvalue weighted by Gasteiger charge is -2.38. The van der Waals surface area contributed by atoms with E-state index >= 15 is 0 Å². The van der Waals surface area contributed by atoms with Crippen molar-refractivity contribution in [2.45, 2.75) is 25.6 Å². The number of ether oxygens (including phenoxy) is 1. The standard InChI is InChI=1S/C20H21FN2O4/c1-13(24)22-16-8-6-14(7-9-16)20(26)18-11-27-12-19(25)23(18)10-15-4-2-3-5-17(15)21/h2-9,18,20,26H,10-12H2,1H3,(H,22,24). The number of morpholine rings is 1. The number of amides is 2. The highest BCUT2D eigenvalue weighted by atomic mass is 19.1. The van der Waals surface area contributed by atoms with Crippen LogP contribution < -0.4 is 5.32 Å². The Bertz CT molecular complexity index is 825. The molecule has 2 unspecified atom stereocenters. The van der Waals surface area contributed by atoms with Crippen molar-refractivity contribution in [1.82, 2.24) is 4.90 Å². The van der Waals surface area contributed by atoms with E-state index in [1.165, 1.54) is 17.9 Å². The minimum Gasteiger partial charge on any atom is -0.386 e. The zero-order chi connectivity index (χ0) is 19.4. The van der Waals surface area contributed by atoms with E-state index in [0.717, 1.165) is 0 Å². The summed E-state index contributed by atoms with van der Waals surface area (Å²) >= 11 is 0. The molecule has 2 aromatic rings. The molecular weight excluding hydrogens is 351 g/mol. The lowest BCUT2D eigenvalue weighted by atomic mass is 9.99. The number of hydrogen-bond acceptors (Lipinski definition) is 4. The van der Waals surface area contributed by atoms with Gasteiger partial charge >= 0.3 is 0 Å². The van der Waals surface area contributed by atoms with Crippen molar-refractivity contribution in [3.05, 3.63) is 65.5 Å². The number of carbonyl (C=O) groups excluding carboxylic acids is 2. The van der Waals surface area contributed by atoms with Crippen LogP contribution in [0.15, 0.2) is 48.5 Å². The fourth-order valence-corrected chi connectivity index (χ4v) is 3.09. The Labute approximate surface area is 156 Å². The molecule has 1 fully saturated rings. The first-order valence-corrected chi connectivity index (χ1v) is 8.62. The van der Waals surface area contributed by atoms with E-state index in [1.807, 2.05) is 0 Å². The number of anilines is 1. The molecule has 1 aliphatic rings. The van der Waals surface area contributed by atoms with Gasteiger partial charge in [-0.1, -0.05) is 30.3 Å². The molecule has 0 aliphatic carbocycles. The molecule has 1 aliphatic heterocycles. The third-order valence-electron chi connectivity index (χ3n) is 4.47. The van der Waals surface area contributed by atoms with Gasteiger partial charge in [0.1, 0.15) is 18.5 Å². The number of hydrogen-bond donors (Lipinski definition) is 2. The van der Waals surface area contributed by atoms with Crippen molar-refractivity contribution in [3.8, 4) is 0 Å². The first kappa shape index (κ1) is 19.0. The highest BCUT2D eigenvalue weighted by molar-refractivity contribution is 5.88. The van der Waals surface area contributed by atoms with Crippen LogP contribution in [0.2, 0.25) is 0 Å². The quantitative estimate of drug-likeness (QED) is 0.844. The van der Waals surface area contributed by atoms with Crippen LogP contribution in [0.25, 0.3) is 0 Å². The molecule has 2 atom stereocenters. The molecule has 2 aromatic carbocycles. The monoisotopic (exact) mass is 372 g/mol. The predicted molar refractivity (Wildman–Crippen MR) is 97.3 cm³/mol. The van der Waals surface area contributed by atoms with Crippen LogP contribution >= 0.6 is 0 Å². The normalized spacial score (nSPS) is 18.3. The topological polar surface area (TPSA) is 78.9 Å². The van der Waals surface area contributed by atoms with E-state index < -0.39 is 18.0 Å². The molecule has 2 N–H and O–H groups in total. The van der Waals surface area contributed by atoms with Crippen LogP contribution in [0.5, 0.6) is 0 Å². The molecule has 1 heterocycles. The van der Waals surface area contributed by atoms with Crippen molar-refractivity contribution < 1.29 is 23.8 Å². The van der Waals surface area contributed by atoms with E-state index in [0.29, 0.717) is 16.8 Å². The van der Waals surface area contributed by atoms with E-state index in [-0.39, 0.29) is 31.6 Å². The minimum absolute atomic E-state index is 0.0561. The number of benzene rings is 2. The molecular formula is C20H21FN2O4. The van der Waals surface area contributed by atoms with Crippen LogP contribution in [0.3, 0.4) is 0 Å². The number of aliphatic hydroxyl groups is 1. The van der Waals surface area contributed by atoms with Gasteiger partial charge in [0.2, 0.25) is 11.8 Å². The van der Waals surface area contributed by atoms with Crippen LogP contribution in [-0.4, -0.2) is 41.1 Å². The smallest absolute Gasteiger partial charge is 0.249 e. The summed E-state index contributed by atoms with van der Waals surface area (Å²) in [5, 5.41) is 13.5. The summed E-state index contributed by atoms with van der Waals surface area (Å²) in [5.74, 6) is -0.890. The lowest BCUT2D eigenvalue weighted by Crippen LogP contribution is -2.51. The minimum atomic E-state index is -1.01. The predicted octanol–water partition coefficient (Wildman–Crippen LogP) is 2.25. The highest BCUT2D eigenvalue weighted by Gasteiger charge is 2.35. The summed E-state index contributed by atoms with van der Waals surface area (Å²) in [7, 11) is 0. The Morgan fingerprint density at radius 2 is 2.00 bits per heavy atom. The number of nitrogens with one attached hydrogen (secondary N) is 1. The van der Waals surface area contributed by atoms with Crippen LogP contribution in [0, 0.1) is 5.82 Å². The van der Waals surface area contributed by atoms with Gasteiger partial charge in [0.15, 0.2) is 0 Å². The fraction of sp³-hybridized carbons (Fsp3) is 0.300. The summed E-state index contributed by atoms with van der Waals surface area (Å²) in [4.78, 5) is 24.9. The lowest BCUT2D eigenvalue weighted by molar-refractivity contribution is -0.155. The van der Waals surface area contributed by atoms with Crippen LogP contribution in [0.4, 0.5) is 10.1 Å². The first-order valence-electron chi connectivity index (χ1n) is 8.62. The van der Waals surface area contributed by atoms with Gasteiger partial charge in [-0.2, -0.15) is 0 Å². The van der Waals surface area contributed by atoms with Gasteiger partial charge in [-0.25, -0.2) is 4.39 Å². The summed E-state index contributed by atoms with van der Waals surface area (Å²) in [6, 6.07) is 12.3. The van der Waals surface area contributed by atoms with Crippen LogP contribution in [0.1, 0.15) is 24.2 Å². The fourth-order valence-electron chi connectivity index (χ4n) is 3.09. The maximum absolute atomic E-state index is 14.0. The molecule has 7 heteroatoms. The molecule has 27 heavy (non-hydrogen) atoms. The second-order valence-electron chi connectivity index (χ2n) is 6.44. The molecule has 0 spiro atoms. The first-order chi connectivity index (χ1) is 13.0. The summed E-state index contributed by atoms with van der Waals surface area (Å²) in [6.45, 7) is 1.52. The highest BCUT2D eigenvalue weighted by Crippen LogP contribution is 2.27. The maximum atomic E-state index is 14.0. The van der Waals surface area contributed by atoms with Gasteiger partial charge in [-0.3, -0.25) is 9.59 Å². The van der Waals surface area contributed by atoms with Gasteiger partial charge in [0.05, 0.1) is 12.6 Å². The van der Waals surface area contributed by atoms with Crippen molar-refractivity contribution in [2.75, 3.05) is 18.5 Å². The molecule has 0 saturated carbocycles. The van der Waals surface area contributed by atoms with Crippen molar-refractivity contribution in [1.29, 1.82) is 0 Å². The molecule has 2 amide bonds. The molecule has 0 bridgehead atoms. The zero-order valence-electron chi connectivity index (χ0n) is 14.9. The Kier molecular flexibility index (Phi) is 5.83. The third-order valence-corrected chi connectivity index (χ3v) is 4.47. The van der Waals surface area contributed by atoms with Crippen molar-refractivity contribution in [3.63, 3.8) is 0 Å². The number of halogens is 1. The number of rotatable bonds is 5. The number of aliphatic hydroxyl groups excluding tert-OH is 1. The summed E-state index contributed by atoms with van der Waals surface area (Å²) in [6.07, 6.45) is -1.01. The SMILES string of the molecule is CC(=O)Nc1ccc(C(O)C2COCC(=O)N2Cc2ccccc2F)cc1. The summed E-state index contributed by atoms with van der Waals surface area (Å²) < 4.78 is 19.3. The third kappa shape index (κ3) is 4.50. The van der Waals surface area contributed by atoms with Gasteiger partial charge in [-0.05, 0) is 23.8 Å². The molecule has 1 saturated heterocycles. The largest absolute Gasteiger partial charge is 0.386 e. The number of nitrogens with zero attached hydrogens (tertiary/aromatic N) is 1. The molecule has 6 nitrogen and oxygen atoms in total. The van der Waals surface area contributed by atoms with Crippen LogP contribution in [-0.2, 0) is 20.9 Å². The Hall–Kier alpha value is -2.77. The average Bonchev–Trinajstić information content (AvgIpc) is 2.64. The van der Waals surface area contributed by atoms with Gasteiger partial charge in [0.25, 0.3) is 0 Å². The van der Waals surface area contributed by atoms with Gasteiger partial charge in [-0.15, -0.1) is 0 Å². The second kappa shape index (κ2) is 8.28. The van der Waals surface area contributed by atoms with Gasteiger partial charge in [0, 0.05) is 24.7 Å². The Morgan fingerprint density at radius 1 is 1.30 bits per heavy atom. The van der Waals surface area contributed by atoms with E-state index in [4.69, 9.17) is 4.74 Å². The Morgan fingerprint density at radius 3 is 2.67 bits per heavy atom. The number of carbonyl (C=O) groups is 2. The summed E-state index contributed by atoms with van der Waals surface area (Å²) in [5.41, 5.74) is 1.56. The zero-order valence-corrected chi connectivity index (χ0v) is 14.9. The molecule has 3 rings (SSSR count). The van der Waals surface area contributed by atoms with E-state index in [2.05, 4.69) is 5.32 Å². The molecule has 0 radical (unpaired) electrons. The van der Waals surface area contributed by atoms with E-state index in [1.54, 1.807) is 42.5 Å². The Balaban J connectivity index is 1.80. The second-order valence-corrected chi connectivity index (χ2v) is 6.44. The maximum Gasteiger partial charge on any atom is 0.249 e. The van der Waals surface area contributed by atoms with Crippen molar-refractivity contribution in [2.24, 2.45) is 0 Å². The van der Waals surface area contributed by atoms with E-state index in [9.17, 15) is 19.1 Å². The molecule has 0 aromatic heterocycles.